The lowest BCUT2D eigenvalue weighted by atomic mass is 10.00. The maximum Gasteiger partial charge on any atom is 0.251 e. The molecule has 3 unspecified atom stereocenters. The van der Waals surface area contributed by atoms with E-state index in [0.717, 1.165) is 24.0 Å². The molecule has 5 N–H and O–H groups in total. The van der Waals surface area contributed by atoms with E-state index >= 15 is 0 Å². The molecule has 0 spiro atoms. The minimum atomic E-state index is -3.67. The maximum atomic E-state index is 13.6. The third-order valence-electron chi connectivity index (χ3n) is 7.32. The van der Waals surface area contributed by atoms with E-state index in [1.165, 1.54) is 25.1 Å². The number of nitrogens with one attached hydrogen (secondary N) is 4. The number of benzene rings is 3. The van der Waals surface area contributed by atoms with Gasteiger partial charge in [0.25, 0.3) is 11.8 Å². The molecule has 0 aromatic heterocycles. The third kappa shape index (κ3) is 9.40. The number of aliphatic hydroxyl groups excluding tert-OH is 1. The maximum absolute atomic E-state index is 13.6. The second-order valence-electron chi connectivity index (χ2n) is 10.8. The smallest absolute Gasteiger partial charge is 0.251 e. The minimum Gasteiger partial charge on any atom is -0.390 e. The standard InChI is InChI=1S/C32H40N4O5S/c1-3-42(40,41)36-28-19-25(31(38)34-22(2)24-12-8-5-9-13-24)18-26(20-28)32(39)35-29(30(37)21-33-27-15-16-27)17-14-23-10-6-4-7-11-23/h4-13,18-20,22,27,29-30,33,36-37H,3,14-17,21H2,1-2H3,(H,34,38)(H,35,39). The summed E-state index contributed by atoms with van der Waals surface area (Å²) in [6.07, 6.45) is 2.44. The summed E-state index contributed by atoms with van der Waals surface area (Å²) in [5.74, 6) is -1.13. The topological polar surface area (TPSA) is 137 Å². The number of aryl methyl sites for hydroxylation is 1. The highest BCUT2D eigenvalue weighted by Gasteiger charge is 2.27. The Hall–Kier alpha value is -3.73. The van der Waals surface area contributed by atoms with Gasteiger partial charge < -0.3 is 21.1 Å². The fourth-order valence-electron chi connectivity index (χ4n) is 4.60. The Bertz CT molecular complexity index is 1450. The van der Waals surface area contributed by atoms with Crippen molar-refractivity contribution in [2.75, 3.05) is 17.0 Å². The molecule has 0 aliphatic heterocycles. The van der Waals surface area contributed by atoms with Crippen LogP contribution in [0.3, 0.4) is 0 Å². The molecule has 10 heteroatoms. The lowest BCUT2D eigenvalue weighted by molar-refractivity contribution is 0.0818. The number of hydrogen-bond donors (Lipinski definition) is 5. The molecular weight excluding hydrogens is 552 g/mol. The number of amides is 2. The number of hydrogen-bond acceptors (Lipinski definition) is 6. The molecule has 0 heterocycles. The van der Waals surface area contributed by atoms with E-state index in [2.05, 4.69) is 20.7 Å². The molecule has 1 aliphatic rings. The Labute approximate surface area is 248 Å². The molecule has 3 atom stereocenters. The summed E-state index contributed by atoms with van der Waals surface area (Å²) >= 11 is 0. The van der Waals surface area contributed by atoms with Crippen LogP contribution in [-0.4, -0.2) is 55.8 Å². The SMILES string of the molecule is CCS(=O)(=O)Nc1cc(C(=O)NC(C)c2ccccc2)cc(C(=O)NC(CCc2ccccc2)C(O)CNC2CC2)c1. The Morgan fingerprint density at radius 1 is 0.905 bits per heavy atom. The van der Waals surface area contributed by atoms with Crippen LogP contribution in [0.5, 0.6) is 0 Å². The molecule has 4 rings (SSSR count). The van der Waals surface area contributed by atoms with Gasteiger partial charge in [-0.05, 0) is 68.9 Å². The monoisotopic (exact) mass is 592 g/mol. The molecule has 1 aliphatic carbocycles. The first kappa shape index (κ1) is 31.2. The van der Waals surface area contributed by atoms with Gasteiger partial charge in [0.05, 0.1) is 29.6 Å². The molecule has 2 amide bonds. The zero-order valence-electron chi connectivity index (χ0n) is 24.0. The van der Waals surface area contributed by atoms with Crippen molar-refractivity contribution >= 4 is 27.5 Å². The van der Waals surface area contributed by atoms with Crippen LogP contribution in [0.2, 0.25) is 0 Å². The normalized spacial score (nSPS) is 15.3. The lowest BCUT2D eigenvalue weighted by Crippen LogP contribution is -2.48. The first-order valence-electron chi connectivity index (χ1n) is 14.4. The highest BCUT2D eigenvalue weighted by molar-refractivity contribution is 7.92. The van der Waals surface area contributed by atoms with E-state index in [0.29, 0.717) is 25.4 Å². The first-order valence-corrected chi connectivity index (χ1v) is 16.1. The fraction of sp³-hybridized carbons (Fsp3) is 0.375. The Morgan fingerprint density at radius 3 is 2.10 bits per heavy atom. The summed E-state index contributed by atoms with van der Waals surface area (Å²) < 4.78 is 27.2. The van der Waals surface area contributed by atoms with Crippen LogP contribution in [0.15, 0.2) is 78.9 Å². The van der Waals surface area contributed by atoms with Gasteiger partial charge in [-0.25, -0.2) is 8.42 Å². The Morgan fingerprint density at radius 2 is 1.50 bits per heavy atom. The van der Waals surface area contributed by atoms with Gasteiger partial charge in [0.2, 0.25) is 10.0 Å². The quantitative estimate of drug-likeness (QED) is 0.182. The van der Waals surface area contributed by atoms with Crippen LogP contribution in [0.1, 0.15) is 71.0 Å². The van der Waals surface area contributed by atoms with Gasteiger partial charge >= 0.3 is 0 Å². The van der Waals surface area contributed by atoms with Gasteiger partial charge in [-0.2, -0.15) is 0 Å². The number of carbonyl (C=O) groups is 2. The van der Waals surface area contributed by atoms with Gasteiger partial charge in [0.1, 0.15) is 0 Å². The molecule has 0 saturated heterocycles. The number of aliphatic hydroxyl groups is 1. The minimum absolute atomic E-state index is 0.107. The molecule has 1 saturated carbocycles. The molecule has 224 valence electrons. The average molecular weight is 593 g/mol. The van der Waals surface area contributed by atoms with Crippen LogP contribution < -0.4 is 20.7 Å². The molecule has 0 bridgehead atoms. The molecule has 42 heavy (non-hydrogen) atoms. The van der Waals surface area contributed by atoms with E-state index < -0.39 is 34.0 Å². The zero-order valence-corrected chi connectivity index (χ0v) is 24.9. The number of sulfonamides is 1. The van der Waals surface area contributed by atoms with E-state index in [4.69, 9.17) is 0 Å². The number of rotatable bonds is 15. The number of carbonyl (C=O) groups excluding carboxylic acids is 2. The second kappa shape index (κ2) is 14.4. The van der Waals surface area contributed by atoms with Crippen molar-refractivity contribution < 1.29 is 23.1 Å². The predicted octanol–water partition coefficient (Wildman–Crippen LogP) is 3.78. The number of anilines is 1. The summed E-state index contributed by atoms with van der Waals surface area (Å²) in [7, 11) is -3.67. The average Bonchev–Trinajstić information content (AvgIpc) is 3.83. The van der Waals surface area contributed by atoms with Crippen LogP contribution >= 0.6 is 0 Å². The summed E-state index contributed by atoms with van der Waals surface area (Å²) in [4.78, 5) is 26.8. The summed E-state index contributed by atoms with van der Waals surface area (Å²) in [5, 5.41) is 20.2. The van der Waals surface area contributed by atoms with Gasteiger partial charge in [0, 0.05) is 23.7 Å². The van der Waals surface area contributed by atoms with Crippen molar-refractivity contribution in [3.8, 4) is 0 Å². The second-order valence-corrected chi connectivity index (χ2v) is 12.8. The highest BCUT2D eigenvalue weighted by Crippen LogP contribution is 2.21. The van der Waals surface area contributed by atoms with Gasteiger partial charge in [-0.3, -0.25) is 14.3 Å². The summed E-state index contributed by atoms with van der Waals surface area (Å²) in [6, 6.07) is 23.0. The Kier molecular flexibility index (Phi) is 10.7. The molecule has 3 aromatic rings. The molecule has 9 nitrogen and oxygen atoms in total. The third-order valence-corrected chi connectivity index (χ3v) is 8.63. The van der Waals surface area contributed by atoms with Crippen LogP contribution in [0, 0.1) is 0 Å². The van der Waals surface area contributed by atoms with Gasteiger partial charge in [-0.1, -0.05) is 60.7 Å². The van der Waals surface area contributed by atoms with Crippen LogP contribution in [-0.2, 0) is 16.4 Å². The molecular formula is C32H40N4O5S. The van der Waals surface area contributed by atoms with E-state index in [-0.39, 0.29) is 28.6 Å². The van der Waals surface area contributed by atoms with E-state index in [9.17, 15) is 23.1 Å². The van der Waals surface area contributed by atoms with Crippen molar-refractivity contribution in [2.45, 2.75) is 63.8 Å². The fourth-order valence-corrected chi connectivity index (χ4v) is 5.22. The van der Waals surface area contributed by atoms with Crippen molar-refractivity contribution in [3.63, 3.8) is 0 Å². The first-order chi connectivity index (χ1) is 20.1. The van der Waals surface area contributed by atoms with Crippen molar-refractivity contribution in [3.05, 3.63) is 101 Å². The van der Waals surface area contributed by atoms with Crippen molar-refractivity contribution in [2.24, 2.45) is 0 Å². The van der Waals surface area contributed by atoms with E-state index in [1.807, 2.05) is 67.6 Å². The van der Waals surface area contributed by atoms with Crippen molar-refractivity contribution in [1.29, 1.82) is 0 Å². The van der Waals surface area contributed by atoms with Gasteiger partial charge in [0.15, 0.2) is 0 Å². The lowest BCUT2D eigenvalue weighted by Gasteiger charge is -2.25. The molecule has 3 aromatic carbocycles. The zero-order chi connectivity index (χ0) is 30.1. The summed E-state index contributed by atoms with van der Waals surface area (Å²) in [6.45, 7) is 3.69. The largest absolute Gasteiger partial charge is 0.390 e. The van der Waals surface area contributed by atoms with Crippen molar-refractivity contribution in [1.82, 2.24) is 16.0 Å². The molecule has 1 fully saturated rings. The van der Waals surface area contributed by atoms with E-state index in [1.54, 1.807) is 0 Å². The van der Waals surface area contributed by atoms with Crippen LogP contribution in [0.4, 0.5) is 5.69 Å². The van der Waals surface area contributed by atoms with Gasteiger partial charge in [-0.15, -0.1) is 0 Å². The highest BCUT2D eigenvalue weighted by atomic mass is 32.2. The Balaban J connectivity index is 1.56. The predicted molar refractivity (Wildman–Crippen MR) is 165 cm³/mol. The molecule has 0 radical (unpaired) electrons. The summed E-state index contributed by atoms with van der Waals surface area (Å²) in [5.41, 5.74) is 2.34. The van der Waals surface area contributed by atoms with Crippen LogP contribution in [0.25, 0.3) is 0 Å².